The Labute approximate surface area is 132 Å². The van der Waals surface area contributed by atoms with Crippen LogP contribution < -0.4 is 5.32 Å². The molecule has 2 aliphatic rings. The van der Waals surface area contributed by atoms with Gasteiger partial charge in [0.25, 0.3) is 0 Å². The average molecular weight is 309 g/mol. The highest BCUT2D eigenvalue weighted by molar-refractivity contribution is 6.31. The molecular formula is C17H25ClN2O. The van der Waals surface area contributed by atoms with Gasteiger partial charge >= 0.3 is 0 Å². The molecule has 3 rings (SSSR count). The topological polar surface area (TPSA) is 35.5 Å². The number of hydrogen-bond acceptors (Lipinski definition) is 3. The van der Waals surface area contributed by atoms with Crippen molar-refractivity contribution in [3.05, 3.63) is 34.9 Å². The molecule has 1 aliphatic heterocycles. The molecule has 0 bridgehead atoms. The Kier molecular flexibility index (Phi) is 4.85. The largest absolute Gasteiger partial charge is 0.389 e. The summed E-state index contributed by atoms with van der Waals surface area (Å²) in [5.74, 6) is 0. The minimum Gasteiger partial charge on any atom is -0.389 e. The van der Waals surface area contributed by atoms with Crippen molar-refractivity contribution in [3.63, 3.8) is 0 Å². The number of aliphatic hydroxyl groups is 1. The number of nitrogens with zero attached hydrogens (tertiary/aromatic N) is 1. The van der Waals surface area contributed by atoms with Gasteiger partial charge in [-0.2, -0.15) is 0 Å². The quantitative estimate of drug-likeness (QED) is 0.878. The molecule has 2 N–H and O–H groups in total. The zero-order chi connectivity index (χ0) is 14.7. The molecule has 21 heavy (non-hydrogen) atoms. The minimum absolute atomic E-state index is 0.408. The number of benzene rings is 1. The van der Waals surface area contributed by atoms with Gasteiger partial charge in [-0.15, -0.1) is 0 Å². The molecule has 0 amide bonds. The van der Waals surface area contributed by atoms with Gasteiger partial charge in [-0.1, -0.05) is 29.8 Å². The molecule has 1 saturated carbocycles. The van der Waals surface area contributed by atoms with E-state index in [-0.39, 0.29) is 0 Å². The predicted molar refractivity (Wildman–Crippen MR) is 86.6 cm³/mol. The number of likely N-dealkylation sites (tertiary alicyclic amines) is 1. The van der Waals surface area contributed by atoms with Gasteiger partial charge in [0.15, 0.2) is 0 Å². The van der Waals surface area contributed by atoms with E-state index < -0.39 is 5.60 Å². The summed E-state index contributed by atoms with van der Waals surface area (Å²) in [6, 6.07) is 8.66. The van der Waals surface area contributed by atoms with E-state index in [1.54, 1.807) is 0 Å². The Morgan fingerprint density at radius 1 is 1.24 bits per heavy atom. The zero-order valence-electron chi connectivity index (χ0n) is 12.5. The van der Waals surface area contributed by atoms with Gasteiger partial charge < -0.3 is 10.4 Å². The molecule has 1 heterocycles. The van der Waals surface area contributed by atoms with Crippen molar-refractivity contribution >= 4 is 11.6 Å². The van der Waals surface area contributed by atoms with E-state index in [9.17, 15) is 5.11 Å². The molecule has 116 valence electrons. The van der Waals surface area contributed by atoms with Crippen LogP contribution in [0.15, 0.2) is 24.3 Å². The van der Waals surface area contributed by atoms with Crippen LogP contribution in [0, 0.1) is 0 Å². The first-order valence-corrected chi connectivity index (χ1v) is 8.44. The van der Waals surface area contributed by atoms with Gasteiger partial charge in [0.2, 0.25) is 0 Å². The maximum atomic E-state index is 10.1. The Morgan fingerprint density at radius 3 is 2.57 bits per heavy atom. The fourth-order valence-electron chi connectivity index (χ4n) is 3.26. The van der Waals surface area contributed by atoms with E-state index in [4.69, 9.17) is 11.6 Å². The summed E-state index contributed by atoms with van der Waals surface area (Å²) in [6.07, 6.45) is 5.41. The van der Waals surface area contributed by atoms with Crippen molar-refractivity contribution in [3.8, 4) is 0 Å². The third-order valence-corrected chi connectivity index (χ3v) is 5.31. The summed E-state index contributed by atoms with van der Waals surface area (Å²) in [6.45, 7) is 3.90. The van der Waals surface area contributed by atoms with Crippen LogP contribution >= 0.6 is 11.6 Å². The molecule has 0 radical (unpaired) electrons. The number of rotatable bonds is 5. The summed E-state index contributed by atoms with van der Waals surface area (Å²) in [5, 5.41) is 14.6. The van der Waals surface area contributed by atoms with Crippen LogP contribution in [0.1, 0.15) is 37.7 Å². The van der Waals surface area contributed by atoms with Gasteiger partial charge in [0.05, 0.1) is 5.60 Å². The second kappa shape index (κ2) is 6.66. The Morgan fingerprint density at radius 2 is 1.95 bits per heavy atom. The molecule has 0 spiro atoms. The van der Waals surface area contributed by atoms with E-state index in [0.29, 0.717) is 6.04 Å². The standard InChI is InChI=1S/C17H25ClN2O/c18-16-5-2-1-4-14(16)12-20-10-6-15(7-11-20)19-13-17(21)8-3-9-17/h1-2,4-5,15,19,21H,3,6-13H2. The van der Waals surface area contributed by atoms with Gasteiger partial charge in [-0.25, -0.2) is 0 Å². The van der Waals surface area contributed by atoms with Crippen molar-refractivity contribution in [1.29, 1.82) is 0 Å². The lowest BCUT2D eigenvalue weighted by molar-refractivity contribution is -0.0345. The van der Waals surface area contributed by atoms with Gasteiger partial charge in [-0.3, -0.25) is 4.90 Å². The Hall–Kier alpha value is -0.610. The van der Waals surface area contributed by atoms with Crippen LogP contribution in [-0.2, 0) is 6.54 Å². The van der Waals surface area contributed by atoms with Crippen LogP contribution in [-0.4, -0.2) is 41.3 Å². The lowest BCUT2D eigenvalue weighted by Crippen LogP contribution is -2.51. The minimum atomic E-state index is -0.408. The zero-order valence-corrected chi connectivity index (χ0v) is 13.3. The molecule has 2 fully saturated rings. The van der Waals surface area contributed by atoms with E-state index in [1.165, 1.54) is 12.0 Å². The van der Waals surface area contributed by atoms with Crippen molar-refractivity contribution in [2.24, 2.45) is 0 Å². The van der Waals surface area contributed by atoms with Crippen LogP contribution in [0.3, 0.4) is 0 Å². The molecule has 1 saturated heterocycles. The molecule has 4 heteroatoms. The van der Waals surface area contributed by atoms with Crippen molar-refractivity contribution in [2.75, 3.05) is 19.6 Å². The Bertz CT molecular complexity index is 468. The highest BCUT2D eigenvalue weighted by atomic mass is 35.5. The number of nitrogens with one attached hydrogen (secondary N) is 1. The van der Waals surface area contributed by atoms with E-state index in [0.717, 1.165) is 56.9 Å². The summed E-state index contributed by atoms with van der Waals surface area (Å²) in [5.41, 5.74) is 0.809. The Balaban J connectivity index is 1.41. The second-order valence-electron chi connectivity index (χ2n) is 6.60. The first kappa shape index (κ1) is 15.3. The average Bonchev–Trinajstić information content (AvgIpc) is 2.47. The van der Waals surface area contributed by atoms with E-state index in [2.05, 4.69) is 22.3 Å². The van der Waals surface area contributed by atoms with Crippen molar-refractivity contribution < 1.29 is 5.11 Å². The summed E-state index contributed by atoms with van der Waals surface area (Å²) in [4.78, 5) is 2.47. The molecule has 0 unspecified atom stereocenters. The molecule has 3 nitrogen and oxygen atoms in total. The van der Waals surface area contributed by atoms with Crippen LogP contribution in [0.25, 0.3) is 0 Å². The third kappa shape index (κ3) is 3.98. The van der Waals surface area contributed by atoms with Crippen LogP contribution in [0.2, 0.25) is 5.02 Å². The van der Waals surface area contributed by atoms with Crippen molar-refractivity contribution in [2.45, 2.75) is 50.3 Å². The molecule has 0 atom stereocenters. The van der Waals surface area contributed by atoms with Crippen molar-refractivity contribution in [1.82, 2.24) is 10.2 Å². The molecule has 0 aromatic heterocycles. The van der Waals surface area contributed by atoms with Gasteiger partial charge in [-0.05, 0) is 56.8 Å². The maximum Gasteiger partial charge on any atom is 0.0771 e. The molecular weight excluding hydrogens is 284 g/mol. The summed E-state index contributed by atoms with van der Waals surface area (Å²) < 4.78 is 0. The normalized spacial score (nSPS) is 23.0. The second-order valence-corrected chi connectivity index (χ2v) is 7.01. The molecule has 1 aromatic rings. The first-order valence-electron chi connectivity index (χ1n) is 8.06. The first-order chi connectivity index (χ1) is 10.1. The smallest absolute Gasteiger partial charge is 0.0771 e. The van der Waals surface area contributed by atoms with E-state index >= 15 is 0 Å². The lowest BCUT2D eigenvalue weighted by Gasteiger charge is -2.39. The fraction of sp³-hybridized carbons (Fsp3) is 0.647. The fourth-order valence-corrected chi connectivity index (χ4v) is 3.45. The van der Waals surface area contributed by atoms with E-state index in [1.807, 2.05) is 12.1 Å². The summed E-state index contributed by atoms with van der Waals surface area (Å²) in [7, 11) is 0. The van der Waals surface area contributed by atoms with Crippen LogP contribution in [0.4, 0.5) is 0 Å². The number of hydrogen-bond donors (Lipinski definition) is 2. The monoisotopic (exact) mass is 308 g/mol. The predicted octanol–water partition coefficient (Wildman–Crippen LogP) is 2.81. The van der Waals surface area contributed by atoms with Crippen LogP contribution in [0.5, 0.6) is 0 Å². The molecule has 1 aliphatic carbocycles. The number of piperidine rings is 1. The van der Waals surface area contributed by atoms with Gasteiger partial charge in [0.1, 0.15) is 0 Å². The maximum absolute atomic E-state index is 10.1. The SMILES string of the molecule is OC1(CNC2CCN(Cc3ccccc3Cl)CC2)CCC1. The third-order valence-electron chi connectivity index (χ3n) is 4.94. The highest BCUT2D eigenvalue weighted by Crippen LogP contribution is 2.31. The highest BCUT2D eigenvalue weighted by Gasteiger charge is 2.34. The van der Waals surface area contributed by atoms with Gasteiger partial charge in [0, 0.05) is 24.2 Å². The lowest BCUT2D eigenvalue weighted by atomic mass is 9.80. The number of halogens is 1. The molecule has 1 aromatic carbocycles. The summed E-state index contributed by atoms with van der Waals surface area (Å²) >= 11 is 6.23.